The highest BCUT2D eigenvalue weighted by molar-refractivity contribution is 6.32. The molecule has 0 unspecified atom stereocenters. The van der Waals surface area contributed by atoms with E-state index in [4.69, 9.17) is 16.0 Å². The lowest BCUT2D eigenvalue weighted by atomic mass is 9.99. The number of benzene rings is 1. The van der Waals surface area contributed by atoms with Crippen molar-refractivity contribution in [2.75, 3.05) is 26.2 Å². The number of rotatable bonds is 3. The van der Waals surface area contributed by atoms with Crippen LogP contribution in [0.4, 0.5) is 13.2 Å². The van der Waals surface area contributed by atoms with E-state index in [1.165, 1.54) is 12.3 Å². The summed E-state index contributed by atoms with van der Waals surface area (Å²) in [6, 6.07) is 7.09. The first-order chi connectivity index (χ1) is 11.0. The van der Waals surface area contributed by atoms with Gasteiger partial charge < -0.3 is 9.73 Å². The number of piperazine rings is 1. The highest BCUT2D eigenvalue weighted by Gasteiger charge is 2.36. The van der Waals surface area contributed by atoms with Crippen LogP contribution in [0.5, 0.6) is 0 Å². The van der Waals surface area contributed by atoms with Gasteiger partial charge in [-0.1, -0.05) is 23.7 Å². The molecular weight excluding hydrogens is 329 g/mol. The molecule has 0 bridgehead atoms. The van der Waals surface area contributed by atoms with E-state index < -0.39 is 17.8 Å². The Morgan fingerprint density at radius 1 is 1.13 bits per heavy atom. The van der Waals surface area contributed by atoms with Gasteiger partial charge in [0.25, 0.3) is 0 Å². The van der Waals surface area contributed by atoms with Crippen molar-refractivity contribution in [2.45, 2.75) is 12.2 Å². The van der Waals surface area contributed by atoms with Crippen LogP contribution in [0.2, 0.25) is 5.02 Å². The van der Waals surface area contributed by atoms with E-state index in [-0.39, 0.29) is 5.02 Å². The number of hydrogen-bond acceptors (Lipinski definition) is 3. The molecule has 3 rings (SSSR count). The predicted octanol–water partition coefficient (Wildman–Crippen LogP) is 3.95. The van der Waals surface area contributed by atoms with E-state index in [0.29, 0.717) is 24.4 Å². The Morgan fingerprint density at radius 3 is 2.48 bits per heavy atom. The molecule has 0 spiro atoms. The molecule has 1 atom stereocenters. The van der Waals surface area contributed by atoms with Crippen molar-refractivity contribution in [3.8, 4) is 0 Å². The summed E-state index contributed by atoms with van der Waals surface area (Å²) in [5, 5.41) is 2.97. The zero-order valence-corrected chi connectivity index (χ0v) is 13.0. The fourth-order valence-corrected chi connectivity index (χ4v) is 3.23. The molecule has 3 nitrogen and oxygen atoms in total. The summed E-state index contributed by atoms with van der Waals surface area (Å²) in [7, 11) is 0. The van der Waals surface area contributed by atoms with Crippen LogP contribution >= 0.6 is 11.6 Å². The van der Waals surface area contributed by atoms with E-state index in [0.717, 1.165) is 19.2 Å². The van der Waals surface area contributed by atoms with Crippen molar-refractivity contribution in [3.63, 3.8) is 0 Å². The zero-order valence-electron chi connectivity index (χ0n) is 12.2. The van der Waals surface area contributed by atoms with Crippen LogP contribution in [-0.4, -0.2) is 31.1 Å². The van der Waals surface area contributed by atoms with Crippen LogP contribution in [0.15, 0.2) is 41.0 Å². The number of halogens is 4. The second-order valence-corrected chi connectivity index (χ2v) is 5.79. The van der Waals surface area contributed by atoms with Gasteiger partial charge in [0.05, 0.1) is 22.9 Å². The third kappa shape index (κ3) is 3.39. The molecule has 1 aliphatic heterocycles. The van der Waals surface area contributed by atoms with Crippen molar-refractivity contribution < 1.29 is 17.6 Å². The molecule has 0 aliphatic carbocycles. The lowest BCUT2D eigenvalue weighted by Crippen LogP contribution is -2.45. The van der Waals surface area contributed by atoms with Gasteiger partial charge in [0.1, 0.15) is 5.76 Å². The number of furan rings is 1. The fourth-order valence-electron chi connectivity index (χ4n) is 2.90. The van der Waals surface area contributed by atoms with Crippen LogP contribution in [0.25, 0.3) is 0 Å². The Balaban J connectivity index is 2.07. The maximum absolute atomic E-state index is 13.1. The minimum atomic E-state index is -4.48. The van der Waals surface area contributed by atoms with Crippen LogP contribution in [0.3, 0.4) is 0 Å². The van der Waals surface area contributed by atoms with Gasteiger partial charge in [-0.3, -0.25) is 4.90 Å². The molecule has 7 heteroatoms. The van der Waals surface area contributed by atoms with Crippen LogP contribution < -0.4 is 5.32 Å². The average Bonchev–Trinajstić information content (AvgIpc) is 3.03. The van der Waals surface area contributed by atoms with Crippen molar-refractivity contribution in [2.24, 2.45) is 0 Å². The lowest BCUT2D eigenvalue weighted by Gasteiger charge is -2.34. The van der Waals surface area contributed by atoms with Gasteiger partial charge in [-0.2, -0.15) is 13.2 Å². The average molecular weight is 345 g/mol. The van der Waals surface area contributed by atoms with Crippen molar-refractivity contribution in [1.82, 2.24) is 10.2 Å². The molecule has 2 heterocycles. The SMILES string of the molecule is FC(F)(F)c1cccc([C@@H](c2ccco2)N2CCNCC2)c1Cl. The van der Waals surface area contributed by atoms with Gasteiger partial charge in [-0.25, -0.2) is 0 Å². The number of hydrogen-bond donors (Lipinski definition) is 1. The first-order valence-electron chi connectivity index (χ1n) is 7.32. The summed E-state index contributed by atoms with van der Waals surface area (Å²) in [5.74, 6) is 0.591. The van der Waals surface area contributed by atoms with Gasteiger partial charge in [0.2, 0.25) is 0 Å². The van der Waals surface area contributed by atoms with Crippen LogP contribution in [0.1, 0.15) is 22.9 Å². The largest absolute Gasteiger partial charge is 0.467 e. The second kappa shape index (κ2) is 6.55. The van der Waals surface area contributed by atoms with Crippen molar-refractivity contribution >= 4 is 11.6 Å². The molecule has 0 radical (unpaired) electrons. The van der Waals surface area contributed by atoms with E-state index in [2.05, 4.69) is 10.2 Å². The minimum absolute atomic E-state index is 0.264. The van der Waals surface area contributed by atoms with Gasteiger partial charge in [-0.15, -0.1) is 0 Å². The van der Waals surface area contributed by atoms with E-state index in [9.17, 15) is 13.2 Å². The molecule has 1 aromatic carbocycles. The van der Waals surface area contributed by atoms with Gasteiger partial charge in [0.15, 0.2) is 0 Å². The topological polar surface area (TPSA) is 28.4 Å². The molecule has 2 aromatic rings. The molecular formula is C16H16ClF3N2O. The maximum Gasteiger partial charge on any atom is 0.417 e. The normalized spacial score (nSPS) is 18.1. The summed E-state index contributed by atoms with van der Waals surface area (Å²) >= 11 is 6.12. The monoisotopic (exact) mass is 344 g/mol. The second-order valence-electron chi connectivity index (χ2n) is 5.41. The van der Waals surface area contributed by atoms with E-state index >= 15 is 0 Å². The van der Waals surface area contributed by atoms with E-state index in [1.54, 1.807) is 18.2 Å². The predicted molar refractivity (Wildman–Crippen MR) is 81.4 cm³/mol. The van der Waals surface area contributed by atoms with E-state index in [1.807, 2.05) is 0 Å². The summed E-state index contributed by atoms with van der Waals surface area (Å²) < 4.78 is 44.9. The molecule has 0 amide bonds. The first kappa shape index (κ1) is 16.4. The highest BCUT2D eigenvalue weighted by atomic mass is 35.5. The molecule has 1 saturated heterocycles. The first-order valence-corrected chi connectivity index (χ1v) is 7.70. The minimum Gasteiger partial charge on any atom is -0.467 e. The quantitative estimate of drug-likeness (QED) is 0.914. The summed E-state index contributed by atoms with van der Waals surface area (Å²) in [4.78, 5) is 2.08. The molecule has 1 aromatic heterocycles. The molecule has 23 heavy (non-hydrogen) atoms. The molecule has 1 fully saturated rings. The maximum atomic E-state index is 13.1. The van der Waals surface area contributed by atoms with Crippen LogP contribution in [-0.2, 0) is 6.18 Å². The number of nitrogens with zero attached hydrogens (tertiary/aromatic N) is 1. The molecule has 1 aliphatic rings. The third-order valence-electron chi connectivity index (χ3n) is 3.96. The van der Waals surface area contributed by atoms with Gasteiger partial charge in [0, 0.05) is 26.2 Å². The molecule has 1 N–H and O–H groups in total. The summed E-state index contributed by atoms with van der Waals surface area (Å²) in [6.45, 7) is 2.96. The highest BCUT2D eigenvalue weighted by Crippen LogP contribution is 2.41. The Labute approximate surface area is 137 Å². The van der Waals surface area contributed by atoms with Crippen molar-refractivity contribution in [3.05, 3.63) is 58.5 Å². The van der Waals surface area contributed by atoms with Gasteiger partial charge in [-0.05, 0) is 23.8 Å². The summed E-state index contributed by atoms with van der Waals surface area (Å²) in [6.07, 6.45) is -2.96. The smallest absolute Gasteiger partial charge is 0.417 e. The van der Waals surface area contributed by atoms with Crippen molar-refractivity contribution in [1.29, 1.82) is 0 Å². The van der Waals surface area contributed by atoms with Crippen LogP contribution in [0, 0.1) is 0 Å². The fraction of sp³-hybridized carbons (Fsp3) is 0.375. The molecule has 0 saturated carbocycles. The Kier molecular flexibility index (Phi) is 4.66. The third-order valence-corrected chi connectivity index (χ3v) is 4.38. The number of nitrogens with one attached hydrogen (secondary N) is 1. The standard InChI is InChI=1S/C16H16ClF3N2O/c17-14-11(3-1-4-12(14)16(18,19)20)15(13-5-2-10-23-13)22-8-6-21-7-9-22/h1-5,10,15,21H,6-9H2/t15-/m0/s1. The lowest BCUT2D eigenvalue weighted by molar-refractivity contribution is -0.137. The van der Waals surface area contributed by atoms with Gasteiger partial charge >= 0.3 is 6.18 Å². The zero-order chi connectivity index (χ0) is 16.4. The Morgan fingerprint density at radius 2 is 1.87 bits per heavy atom. The Hall–Kier alpha value is -1.50. The summed E-state index contributed by atoms with van der Waals surface area (Å²) in [5.41, 5.74) is -0.401. The Bertz CT molecular complexity index is 652. The number of alkyl halides is 3. The molecule has 124 valence electrons.